The molecule has 16 heavy (non-hydrogen) atoms. The largest absolute Gasteiger partial charge is 0.544 e. The summed E-state index contributed by atoms with van der Waals surface area (Å²) in [4.78, 5) is 12.0. The first-order valence-electron chi connectivity index (χ1n) is 4.82. The molecule has 1 aliphatic rings. The van der Waals surface area contributed by atoms with Crippen LogP contribution in [0.2, 0.25) is 0 Å². The van der Waals surface area contributed by atoms with Gasteiger partial charge in [0.2, 0.25) is 0 Å². The lowest BCUT2D eigenvalue weighted by Crippen LogP contribution is -2.20. The third kappa shape index (κ3) is 1.31. The number of hydrogen-bond acceptors (Lipinski definition) is 4. The molecule has 0 spiro atoms. The Morgan fingerprint density at radius 3 is 3.00 bits per heavy atom. The first-order chi connectivity index (χ1) is 7.75. The molecule has 0 N–H and O–H groups in total. The predicted molar refractivity (Wildman–Crippen MR) is 58.4 cm³/mol. The van der Waals surface area contributed by atoms with Gasteiger partial charge in [0.15, 0.2) is 0 Å². The average Bonchev–Trinajstić information content (AvgIpc) is 2.73. The molecule has 2 aromatic rings. The molecule has 1 aromatic carbocycles. The fourth-order valence-electron chi connectivity index (χ4n) is 1.80. The molecule has 80 valence electrons. The lowest BCUT2D eigenvalue weighted by atomic mass is 10.1. The third-order valence-electron chi connectivity index (χ3n) is 2.53. The number of thiophene rings is 1. The molecule has 3 rings (SSSR count). The van der Waals surface area contributed by atoms with Crippen molar-refractivity contribution < 1.29 is 14.6 Å². The third-order valence-corrected chi connectivity index (χ3v) is 3.72. The second-order valence-corrected chi connectivity index (χ2v) is 4.59. The summed E-state index contributed by atoms with van der Waals surface area (Å²) in [7, 11) is 0. The predicted octanol–water partition coefficient (Wildman–Crippen LogP) is 1.67. The molecule has 0 aliphatic carbocycles. The highest BCUT2D eigenvalue weighted by atomic mass is 32.1. The van der Waals surface area contributed by atoms with Crippen molar-refractivity contribution >= 4 is 17.3 Å². The number of carbonyl (C=O) groups excluding carboxylic acids is 1. The van der Waals surface area contributed by atoms with E-state index in [4.69, 9.17) is 4.74 Å². The summed E-state index contributed by atoms with van der Waals surface area (Å²) in [6, 6.07) is 9.26. The van der Waals surface area contributed by atoms with Crippen LogP contribution in [0.5, 0.6) is 5.75 Å². The molecule has 0 bridgehead atoms. The normalized spacial score (nSPS) is 12.5. The molecular weight excluding hydrogens is 224 g/mol. The Morgan fingerprint density at radius 2 is 2.19 bits per heavy atom. The molecule has 0 unspecified atom stereocenters. The van der Waals surface area contributed by atoms with Crippen LogP contribution in [0, 0.1) is 0 Å². The minimum absolute atomic E-state index is 0.255. The Kier molecular flexibility index (Phi) is 1.97. The highest BCUT2D eigenvalue weighted by molar-refractivity contribution is 7.17. The van der Waals surface area contributed by atoms with Crippen molar-refractivity contribution in [3.8, 4) is 16.2 Å². The summed E-state index contributed by atoms with van der Waals surface area (Å²) in [5, 5.41) is 10.8. The molecule has 4 heteroatoms. The quantitative estimate of drug-likeness (QED) is 0.750. The van der Waals surface area contributed by atoms with Crippen molar-refractivity contribution in [3.63, 3.8) is 0 Å². The minimum atomic E-state index is -1.13. The molecule has 0 saturated heterocycles. The van der Waals surface area contributed by atoms with Crippen LogP contribution in [0.3, 0.4) is 0 Å². The van der Waals surface area contributed by atoms with Crippen molar-refractivity contribution in [3.05, 3.63) is 40.8 Å². The molecule has 0 atom stereocenters. The number of hydrogen-bond donors (Lipinski definition) is 0. The molecule has 0 fully saturated rings. The number of rotatable bonds is 1. The van der Waals surface area contributed by atoms with Crippen LogP contribution >= 0.6 is 11.3 Å². The van der Waals surface area contributed by atoms with E-state index < -0.39 is 5.97 Å². The zero-order valence-corrected chi connectivity index (χ0v) is 9.04. The zero-order valence-electron chi connectivity index (χ0n) is 8.23. The van der Waals surface area contributed by atoms with Crippen LogP contribution in [-0.4, -0.2) is 5.97 Å². The average molecular weight is 231 g/mol. The lowest BCUT2D eigenvalue weighted by Gasteiger charge is -2.16. The number of fused-ring (bicyclic) bond motifs is 3. The maximum Gasteiger partial charge on any atom is 0.128 e. The summed E-state index contributed by atoms with van der Waals surface area (Å²) in [6.07, 6.45) is 0. The van der Waals surface area contributed by atoms with E-state index in [-0.39, 0.29) is 4.88 Å². The van der Waals surface area contributed by atoms with E-state index in [1.165, 1.54) is 11.3 Å². The molecule has 1 aromatic heterocycles. The van der Waals surface area contributed by atoms with Crippen molar-refractivity contribution in [1.82, 2.24) is 0 Å². The lowest BCUT2D eigenvalue weighted by molar-refractivity contribution is -0.254. The Hall–Kier alpha value is -1.81. The van der Waals surface area contributed by atoms with Gasteiger partial charge < -0.3 is 14.6 Å². The van der Waals surface area contributed by atoms with Gasteiger partial charge in [0.1, 0.15) is 12.4 Å². The van der Waals surface area contributed by atoms with Gasteiger partial charge in [0.05, 0.1) is 10.8 Å². The molecule has 1 aliphatic heterocycles. The SMILES string of the molecule is O=C([O-])c1cc2c(s1)-c1ccccc1OC2. The fraction of sp³-hybridized carbons (Fsp3) is 0.0833. The first-order valence-corrected chi connectivity index (χ1v) is 5.63. The van der Waals surface area contributed by atoms with Crippen LogP contribution in [0.15, 0.2) is 30.3 Å². The van der Waals surface area contributed by atoms with E-state index >= 15 is 0 Å². The summed E-state index contributed by atoms with van der Waals surface area (Å²) in [5.74, 6) is -0.321. The first kappa shape index (κ1) is 9.42. The fourth-order valence-corrected chi connectivity index (χ4v) is 2.83. The second-order valence-electron chi connectivity index (χ2n) is 3.54. The topological polar surface area (TPSA) is 49.4 Å². The number of ether oxygens (including phenoxy) is 1. The Labute approximate surface area is 95.9 Å². The molecule has 3 nitrogen and oxygen atoms in total. The Morgan fingerprint density at radius 1 is 1.38 bits per heavy atom. The standard InChI is InChI=1S/C12H8O3S/c13-12(14)10-5-7-6-15-9-4-2-1-3-8(9)11(7)16-10/h1-5H,6H2,(H,13,14)/p-1. The van der Waals surface area contributed by atoms with Crippen LogP contribution in [-0.2, 0) is 6.61 Å². The van der Waals surface area contributed by atoms with Gasteiger partial charge in [-0.3, -0.25) is 0 Å². The van der Waals surface area contributed by atoms with E-state index in [1.54, 1.807) is 6.07 Å². The maximum absolute atomic E-state index is 10.8. The highest BCUT2D eigenvalue weighted by Crippen LogP contribution is 2.41. The van der Waals surface area contributed by atoms with Gasteiger partial charge in [-0.2, -0.15) is 0 Å². The minimum Gasteiger partial charge on any atom is -0.544 e. The highest BCUT2D eigenvalue weighted by Gasteiger charge is 2.19. The van der Waals surface area contributed by atoms with Crippen molar-refractivity contribution in [2.75, 3.05) is 0 Å². The van der Waals surface area contributed by atoms with Gasteiger partial charge in [-0.1, -0.05) is 12.1 Å². The Bertz CT molecular complexity index is 571. The van der Waals surface area contributed by atoms with Crippen LogP contribution < -0.4 is 9.84 Å². The number of aromatic carboxylic acids is 1. The smallest absolute Gasteiger partial charge is 0.128 e. The van der Waals surface area contributed by atoms with Gasteiger partial charge in [-0.15, -0.1) is 11.3 Å². The monoisotopic (exact) mass is 231 g/mol. The summed E-state index contributed by atoms with van der Waals surface area (Å²) in [5.41, 5.74) is 1.88. The van der Waals surface area contributed by atoms with Gasteiger partial charge in [-0.25, -0.2) is 0 Å². The van der Waals surface area contributed by atoms with Crippen LogP contribution in [0.1, 0.15) is 15.2 Å². The molecule has 0 amide bonds. The molecular formula is C12H7O3S-. The van der Waals surface area contributed by atoms with E-state index in [0.29, 0.717) is 6.61 Å². The second kappa shape index (κ2) is 3.35. The van der Waals surface area contributed by atoms with E-state index in [0.717, 1.165) is 21.8 Å². The van der Waals surface area contributed by atoms with E-state index in [2.05, 4.69) is 0 Å². The van der Waals surface area contributed by atoms with Crippen molar-refractivity contribution in [1.29, 1.82) is 0 Å². The summed E-state index contributed by atoms with van der Waals surface area (Å²) < 4.78 is 5.54. The number of carboxylic acid groups (broad SMARTS) is 1. The zero-order chi connectivity index (χ0) is 11.1. The maximum atomic E-state index is 10.8. The van der Waals surface area contributed by atoms with Gasteiger partial charge >= 0.3 is 0 Å². The molecule has 2 heterocycles. The van der Waals surface area contributed by atoms with E-state index in [9.17, 15) is 9.90 Å². The van der Waals surface area contributed by atoms with Gasteiger partial charge in [0, 0.05) is 16.0 Å². The van der Waals surface area contributed by atoms with Gasteiger partial charge in [0.25, 0.3) is 0 Å². The number of para-hydroxylation sites is 1. The molecule has 0 radical (unpaired) electrons. The number of benzene rings is 1. The summed E-state index contributed by atoms with van der Waals surface area (Å²) in [6.45, 7) is 0.427. The Balaban J connectivity index is 2.20. The number of carboxylic acids is 1. The number of carbonyl (C=O) groups is 1. The van der Waals surface area contributed by atoms with Gasteiger partial charge in [-0.05, 0) is 18.2 Å². The van der Waals surface area contributed by atoms with E-state index in [1.807, 2.05) is 24.3 Å². The van der Waals surface area contributed by atoms with Crippen molar-refractivity contribution in [2.45, 2.75) is 6.61 Å². The molecule has 0 saturated carbocycles. The summed E-state index contributed by atoms with van der Waals surface area (Å²) >= 11 is 1.24. The van der Waals surface area contributed by atoms with Crippen LogP contribution in [0.25, 0.3) is 10.4 Å². The van der Waals surface area contributed by atoms with Crippen LogP contribution in [0.4, 0.5) is 0 Å². The van der Waals surface area contributed by atoms with Crippen molar-refractivity contribution in [2.24, 2.45) is 0 Å².